The van der Waals surface area contributed by atoms with E-state index in [1.54, 1.807) is 30.2 Å². The highest BCUT2D eigenvalue weighted by molar-refractivity contribution is 7.14. The van der Waals surface area contributed by atoms with Crippen LogP contribution in [0, 0.1) is 6.92 Å². The Morgan fingerprint density at radius 2 is 2.03 bits per heavy atom. The van der Waals surface area contributed by atoms with Crippen molar-refractivity contribution < 1.29 is 14.3 Å². The molecule has 0 fully saturated rings. The number of aryl methyl sites for hydroxylation is 1. The van der Waals surface area contributed by atoms with E-state index in [1.807, 2.05) is 49.6 Å². The molecule has 156 valence electrons. The van der Waals surface area contributed by atoms with E-state index in [2.05, 4.69) is 4.98 Å². The number of rotatable bonds is 8. The second kappa shape index (κ2) is 10.3. The molecule has 0 bridgehead atoms. The van der Waals surface area contributed by atoms with Gasteiger partial charge in [-0.3, -0.25) is 9.69 Å². The van der Waals surface area contributed by atoms with Crippen LogP contribution in [-0.4, -0.2) is 24.6 Å². The number of amides is 1. The van der Waals surface area contributed by atoms with Crippen molar-refractivity contribution in [3.8, 4) is 11.5 Å². The van der Waals surface area contributed by atoms with Gasteiger partial charge in [-0.15, -0.1) is 11.3 Å². The number of aromatic nitrogens is 1. The van der Waals surface area contributed by atoms with Crippen LogP contribution in [0.3, 0.4) is 0 Å². The maximum Gasteiger partial charge on any atom is 0.257 e. The number of hydrogen-bond acceptors (Lipinski definition) is 5. The highest BCUT2D eigenvalue weighted by Crippen LogP contribution is 2.37. The fourth-order valence-electron chi connectivity index (χ4n) is 2.78. The first kappa shape index (κ1) is 21.9. The molecule has 2 aromatic carbocycles. The molecule has 0 aliphatic carbocycles. The van der Waals surface area contributed by atoms with Gasteiger partial charge in [0.25, 0.3) is 5.91 Å². The number of carbonyl (C=O) groups is 1. The van der Waals surface area contributed by atoms with Crippen LogP contribution < -0.4 is 14.4 Å². The van der Waals surface area contributed by atoms with Crippen LogP contribution in [0.5, 0.6) is 11.5 Å². The van der Waals surface area contributed by atoms with Gasteiger partial charge in [0, 0.05) is 11.5 Å². The van der Waals surface area contributed by atoms with E-state index < -0.39 is 0 Å². The zero-order chi connectivity index (χ0) is 21.5. The number of carbonyl (C=O) groups excluding carboxylic acids is 1. The minimum atomic E-state index is -0.211. The number of ether oxygens (including phenoxy) is 2. The topological polar surface area (TPSA) is 51.7 Å². The van der Waals surface area contributed by atoms with Crippen molar-refractivity contribution in [2.24, 2.45) is 0 Å². The van der Waals surface area contributed by atoms with Crippen LogP contribution in [0.25, 0.3) is 6.08 Å². The number of halogens is 1. The Labute approximate surface area is 185 Å². The smallest absolute Gasteiger partial charge is 0.257 e. The summed E-state index contributed by atoms with van der Waals surface area (Å²) in [6.45, 7) is 4.47. The van der Waals surface area contributed by atoms with E-state index in [0.717, 1.165) is 23.4 Å². The highest BCUT2D eigenvalue weighted by atomic mass is 35.5. The van der Waals surface area contributed by atoms with Crippen LogP contribution in [0.4, 0.5) is 10.8 Å². The molecular weight excluding hydrogens is 420 g/mol. The van der Waals surface area contributed by atoms with Crippen LogP contribution in [0.15, 0.2) is 53.9 Å². The summed E-state index contributed by atoms with van der Waals surface area (Å²) < 4.78 is 11.1. The summed E-state index contributed by atoms with van der Waals surface area (Å²) in [4.78, 5) is 19.2. The summed E-state index contributed by atoms with van der Waals surface area (Å²) in [5.74, 6) is 0.823. The molecule has 7 heteroatoms. The molecule has 0 saturated carbocycles. The predicted octanol–water partition coefficient (Wildman–Crippen LogP) is 6.28. The van der Waals surface area contributed by atoms with Gasteiger partial charge in [0.2, 0.25) is 0 Å². The number of hydrogen-bond donors (Lipinski definition) is 0. The lowest BCUT2D eigenvalue weighted by Gasteiger charge is -2.18. The summed E-state index contributed by atoms with van der Waals surface area (Å²) in [6.07, 6.45) is 4.07. The molecule has 0 aliphatic rings. The van der Waals surface area contributed by atoms with Gasteiger partial charge in [0.1, 0.15) is 0 Å². The van der Waals surface area contributed by atoms with Gasteiger partial charge in [-0.25, -0.2) is 4.98 Å². The van der Waals surface area contributed by atoms with Crippen LogP contribution >= 0.6 is 22.9 Å². The molecule has 0 radical (unpaired) electrons. The van der Waals surface area contributed by atoms with Crippen molar-refractivity contribution >= 4 is 45.7 Å². The Kier molecular flexibility index (Phi) is 7.49. The van der Waals surface area contributed by atoms with Gasteiger partial charge in [0.05, 0.1) is 30.1 Å². The zero-order valence-corrected chi connectivity index (χ0v) is 18.7. The van der Waals surface area contributed by atoms with Crippen molar-refractivity contribution in [3.63, 3.8) is 0 Å². The van der Waals surface area contributed by atoms with E-state index in [9.17, 15) is 4.79 Å². The van der Waals surface area contributed by atoms with Crippen LogP contribution in [0.2, 0.25) is 5.02 Å². The third kappa shape index (κ3) is 5.20. The lowest BCUT2D eigenvalue weighted by atomic mass is 10.1. The molecule has 0 aliphatic heterocycles. The summed E-state index contributed by atoms with van der Waals surface area (Å²) in [5, 5.41) is 2.97. The number of benzene rings is 2. The summed E-state index contributed by atoms with van der Waals surface area (Å²) >= 11 is 7.80. The molecule has 0 spiro atoms. The normalized spacial score (nSPS) is 10.9. The van der Waals surface area contributed by atoms with Gasteiger partial charge >= 0.3 is 0 Å². The number of thiazole rings is 1. The maximum atomic E-state index is 13.1. The summed E-state index contributed by atoms with van der Waals surface area (Å²) in [7, 11) is 1.56. The highest BCUT2D eigenvalue weighted by Gasteiger charge is 2.19. The maximum absolute atomic E-state index is 13.1. The van der Waals surface area contributed by atoms with E-state index in [0.29, 0.717) is 28.3 Å². The lowest BCUT2D eigenvalue weighted by Crippen LogP contribution is -2.23. The minimum absolute atomic E-state index is 0.211. The molecule has 1 heterocycles. The molecule has 5 nitrogen and oxygen atoms in total. The quantitative estimate of drug-likeness (QED) is 0.385. The molecule has 0 unspecified atom stereocenters. The van der Waals surface area contributed by atoms with E-state index in [-0.39, 0.29) is 5.91 Å². The first-order valence-electron chi connectivity index (χ1n) is 9.53. The first-order valence-corrected chi connectivity index (χ1v) is 10.8. The fraction of sp³-hybridized carbons (Fsp3) is 0.217. The molecule has 30 heavy (non-hydrogen) atoms. The van der Waals surface area contributed by atoms with Gasteiger partial charge in [0.15, 0.2) is 16.6 Å². The SMILES string of the molecule is CCCOc1c(Cl)cc(/C=C/C(=O)N(c2ccccc2)c2nc(C)cs2)cc1OC. The third-order valence-corrected chi connectivity index (χ3v) is 5.38. The number of methoxy groups -OCH3 is 1. The molecule has 0 atom stereocenters. The lowest BCUT2D eigenvalue weighted by molar-refractivity contribution is -0.113. The average molecular weight is 443 g/mol. The number of para-hydroxylation sites is 1. The van der Waals surface area contributed by atoms with Gasteiger partial charge < -0.3 is 9.47 Å². The Morgan fingerprint density at radius 1 is 1.27 bits per heavy atom. The zero-order valence-electron chi connectivity index (χ0n) is 17.1. The predicted molar refractivity (Wildman–Crippen MR) is 123 cm³/mol. The summed E-state index contributed by atoms with van der Waals surface area (Å²) in [6, 6.07) is 13.0. The first-order chi connectivity index (χ1) is 14.5. The second-order valence-electron chi connectivity index (χ2n) is 6.50. The standard InChI is InChI=1S/C23H23ClN2O3S/c1-4-12-29-22-19(24)13-17(14-20(22)28-3)10-11-21(27)26(18-8-6-5-7-9-18)23-25-16(2)15-30-23/h5-11,13-15H,4,12H2,1-3H3/b11-10+. The molecule has 3 rings (SSSR count). The van der Waals surface area contributed by atoms with Gasteiger partial charge in [-0.1, -0.05) is 36.7 Å². The van der Waals surface area contributed by atoms with Crippen molar-refractivity contribution in [2.45, 2.75) is 20.3 Å². The molecule has 1 amide bonds. The molecule has 0 N–H and O–H groups in total. The van der Waals surface area contributed by atoms with Crippen LogP contribution in [0.1, 0.15) is 24.6 Å². The minimum Gasteiger partial charge on any atom is -0.493 e. The van der Waals surface area contributed by atoms with Gasteiger partial charge in [-0.2, -0.15) is 0 Å². The Morgan fingerprint density at radius 3 is 2.67 bits per heavy atom. The van der Waals surface area contributed by atoms with Gasteiger partial charge in [-0.05, 0) is 49.2 Å². The summed E-state index contributed by atoms with van der Waals surface area (Å²) in [5.41, 5.74) is 2.35. The van der Waals surface area contributed by atoms with E-state index >= 15 is 0 Å². The van der Waals surface area contributed by atoms with Crippen LogP contribution in [-0.2, 0) is 4.79 Å². The monoisotopic (exact) mass is 442 g/mol. The van der Waals surface area contributed by atoms with Crippen molar-refractivity contribution in [1.29, 1.82) is 0 Å². The average Bonchev–Trinajstić information content (AvgIpc) is 3.17. The second-order valence-corrected chi connectivity index (χ2v) is 7.74. The molecular formula is C23H23ClN2O3S. The fourth-order valence-corrected chi connectivity index (χ4v) is 3.88. The Balaban J connectivity index is 1.89. The van der Waals surface area contributed by atoms with Crippen molar-refractivity contribution in [1.82, 2.24) is 4.98 Å². The van der Waals surface area contributed by atoms with Crippen molar-refractivity contribution in [3.05, 3.63) is 70.2 Å². The molecule has 3 aromatic rings. The number of nitrogens with zero attached hydrogens (tertiary/aromatic N) is 2. The Hall–Kier alpha value is -2.83. The third-order valence-electron chi connectivity index (χ3n) is 4.15. The van der Waals surface area contributed by atoms with E-state index in [1.165, 1.54) is 17.4 Å². The van der Waals surface area contributed by atoms with E-state index in [4.69, 9.17) is 21.1 Å². The number of anilines is 2. The Bertz CT molecular complexity index is 1030. The largest absolute Gasteiger partial charge is 0.493 e. The van der Waals surface area contributed by atoms with Crippen molar-refractivity contribution in [2.75, 3.05) is 18.6 Å². The molecule has 1 aromatic heterocycles. The molecule has 0 saturated heterocycles.